The van der Waals surface area contributed by atoms with Crippen LogP contribution in [0.25, 0.3) is 11.4 Å². The van der Waals surface area contributed by atoms with Gasteiger partial charge in [-0.15, -0.1) is 0 Å². The van der Waals surface area contributed by atoms with Crippen molar-refractivity contribution < 1.29 is 0 Å². The van der Waals surface area contributed by atoms with Crippen molar-refractivity contribution in [2.75, 3.05) is 18.0 Å². The molecule has 6 nitrogen and oxygen atoms in total. The van der Waals surface area contributed by atoms with Crippen molar-refractivity contribution in [3.05, 3.63) is 24.7 Å². The molecule has 3 heterocycles. The van der Waals surface area contributed by atoms with Gasteiger partial charge in [-0.3, -0.25) is 15.1 Å². The smallest absolute Gasteiger partial charge is 0.151 e. The number of hydrogen-bond acceptors (Lipinski definition) is 5. The molecule has 3 N–H and O–H groups in total. The first-order valence-electron chi connectivity index (χ1n) is 6.15. The Morgan fingerprint density at radius 2 is 2.33 bits per heavy atom. The summed E-state index contributed by atoms with van der Waals surface area (Å²) in [7, 11) is 0. The Kier molecular flexibility index (Phi) is 2.93. The van der Waals surface area contributed by atoms with Gasteiger partial charge in [-0.1, -0.05) is 0 Å². The molecule has 6 heteroatoms. The Morgan fingerprint density at radius 3 is 3.11 bits per heavy atom. The van der Waals surface area contributed by atoms with Crippen LogP contribution < -0.4 is 10.6 Å². The van der Waals surface area contributed by atoms with Crippen molar-refractivity contribution in [3.8, 4) is 11.4 Å². The van der Waals surface area contributed by atoms with Crippen LogP contribution in [-0.4, -0.2) is 39.3 Å². The van der Waals surface area contributed by atoms with Crippen molar-refractivity contribution in [1.29, 1.82) is 0 Å². The van der Waals surface area contributed by atoms with E-state index >= 15 is 0 Å². The molecule has 0 saturated carbocycles. The monoisotopic (exact) mass is 244 g/mol. The third-order valence-electron chi connectivity index (χ3n) is 3.19. The molecule has 1 aliphatic rings. The van der Waals surface area contributed by atoms with Gasteiger partial charge in [0.15, 0.2) is 5.82 Å². The molecule has 1 saturated heterocycles. The molecule has 3 rings (SSSR count). The fourth-order valence-electron chi connectivity index (χ4n) is 2.26. The molecule has 1 aliphatic heterocycles. The van der Waals surface area contributed by atoms with Crippen LogP contribution >= 0.6 is 0 Å². The Morgan fingerprint density at radius 1 is 1.39 bits per heavy atom. The van der Waals surface area contributed by atoms with Crippen LogP contribution in [0.2, 0.25) is 0 Å². The van der Waals surface area contributed by atoms with Gasteiger partial charge in [-0.2, -0.15) is 5.10 Å². The summed E-state index contributed by atoms with van der Waals surface area (Å²) in [6, 6.07) is 2.25. The zero-order valence-electron chi connectivity index (χ0n) is 10.1. The minimum absolute atomic E-state index is 0.246. The Labute approximate surface area is 105 Å². The SMILES string of the molecule is NC1CCCN(c2cc(-c3cnccn3)[nH]n2)C1. The minimum atomic E-state index is 0.246. The van der Waals surface area contributed by atoms with Crippen LogP contribution in [0.1, 0.15) is 12.8 Å². The molecule has 0 bridgehead atoms. The summed E-state index contributed by atoms with van der Waals surface area (Å²) >= 11 is 0. The summed E-state index contributed by atoms with van der Waals surface area (Å²) in [5.41, 5.74) is 7.67. The molecule has 18 heavy (non-hydrogen) atoms. The van der Waals surface area contributed by atoms with Gasteiger partial charge in [0.25, 0.3) is 0 Å². The van der Waals surface area contributed by atoms with Gasteiger partial charge in [0.2, 0.25) is 0 Å². The van der Waals surface area contributed by atoms with Crippen molar-refractivity contribution >= 4 is 5.82 Å². The van der Waals surface area contributed by atoms with Crippen LogP contribution in [0, 0.1) is 0 Å². The number of anilines is 1. The molecule has 94 valence electrons. The van der Waals surface area contributed by atoms with E-state index < -0.39 is 0 Å². The number of nitrogens with zero attached hydrogens (tertiary/aromatic N) is 4. The maximum absolute atomic E-state index is 5.98. The Balaban J connectivity index is 1.81. The number of aromatic nitrogens is 4. The number of H-pyrrole nitrogens is 1. The molecule has 0 radical (unpaired) electrons. The number of nitrogens with two attached hydrogens (primary N) is 1. The summed E-state index contributed by atoms with van der Waals surface area (Å²) in [6.07, 6.45) is 7.27. The number of hydrogen-bond donors (Lipinski definition) is 2. The summed E-state index contributed by atoms with van der Waals surface area (Å²) in [5, 5.41) is 7.33. The summed E-state index contributed by atoms with van der Waals surface area (Å²) < 4.78 is 0. The van der Waals surface area contributed by atoms with Gasteiger partial charge in [-0.05, 0) is 12.8 Å². The molecule has 0 spiro atoms. The molecular formula is C12H16N6. The highest BCUT2D eigenvalue weighted by Crippen LogP contribution is 2.21. The molecular weight excluding hydrogens is 228 g/mol. The van der Waals surface area contributed by atoms with E-state index in [1.54, 1.807) is 18.6 Å². The maximum Gasteiger partial charge on any atom is 0.151 e. The molecule has 0 aromatic carbocycles. The van der Waals surface area contributed by atoms with Gasteiger partial charge in [-0.25, -0.2) is 0 Å². The second-order valence-electron chi connectivity index (χ2n) is 4.58. The summed E-state index contributed by atoms with van der Waals surface area (Å²) in [6.45, 7) is 1.88. The van der Waals surface area contributed by atoms with Crippen molar-refractivity contribution in [2.45, 2.75) is 18.9 Å². The average Bonchev–Trinajstić information content (AvgIpc) is 2.89. The number of piperidine rings is 1. The van der Waals surface area contributed by atoms with Crippen molar-refractivity contribution in [1.82, 2.24) is 20.2 Å². The molecule has 1 fully saturated rings. The topological polar surface area (TPSA) is 83.7 Å². The second kappa shape index (κ2) is 4.73. The van der Waals surface area contributed by atoms with E-state index in [2.05, 4.69) is 25.1 Å². The van der Waals surface area contributed by atoms with E-state index in [0.29, 0.717) is 0 Å². The van der Waals surface area contributed by atoms with E-state index in [1.165, 1.54) is 0 Å². The first-order valence-corrected chi connectivity index (χ1v) is 6.15. The van der Waals surface area contributed by atoms with E-state index in [0.717, 1.165) is 43.1 Å². The average molecular weight is 244 g/mol. The lowest BCUT2D eigenvalue weighted by atomic mass is 10.1. The van der Waals surface area contributed by atoms with E-state index in [-0.39, 0.29) is 6.04 Å². The zero-order chi connectivity index (χ0) is 12.4. The third-order valence-corrected chi connectivity index (χ3v) is 3.19. The van der Waals surface area contributed by atoms with E-state index in [9.17, 15) is 0 Å². The van der Waals surface area contributed by atoms with Gasteiger partial charge < -0.3 is 10.6 Å². The molecule has 0 amide bonds. The second-order valence-corrected chi connectivity index (χ2v) is 4.58. The lowest BCUT2D eigenvalue weighted by molar-refractivity contribution is 0.503. The highest BCUT2D eigenvalue weighted by Gasteiger charge is 2.19. The fraction of sp³-hybridized carbons (Fsp3) is 0.417. The van der Waals surface area contributed by atoms with E-state index in [1.807, 2.05) is 6.07 Å². The van der Waals surface area contributed by atoms with Gasteiger partial charge in [0, 0.05) is 37.6 Å². The van der Waals surface area contributed by atoms with Gasteiger partial charge in [0.05, 0.1) is 11.9 Å². The fourth-order valence-corrected chi connectivity index (χ4v) is 2.26. The zero-order valence-corrected chi connectivity index (χ0v) is 10.1. The minimum Gasteiger partial charge on any atom is -0.354 e. The summed E-state index contributed by atoms with van der Waals surface area (Å²) in [5.74, 6) is 0.936. The lowest BCUT2D eigenvalue weighted by Crippen LogP contribution is -2.43. The van der Waals surface area contributed by atoms with E-state index in [4.69, 9.17) is 5.73 Å². The first-order chi connectivity index (χ1) is 8.83. The number of aromatic amines is 1. The molecule has 1 atom stereocenters. The predicted octanol–water partition coefficient (Wildman–Crippen LogP) is 0.794. The normalized spacial score (nSPS) is 20.1. The molecule has 2 aromatic heterocycles. The maximum atomic E-state index is 5.98. The predicted molar refractivity (Wildman–Crippen MR) is 69.0 cm³/mol. The third kappa shape index (κ3) is 2.19. The van der Waals surface area contributed by atoms with Crippen LogP contribution in [-0.2, 0) is 0 Å². The highest BCUT2D eigenvalue weighted by molar-refractivity contribution is 5.58. The lowest BCUT2D eigenvalue weighted by Gasteiger charge is -2.30. The first kappa shape index (κ1) is 11.2. The standard InChI is InChI=1S/C12H16N6/c13-9-2-1-5-18(8-9)12-6-10(16-17-12)11-7-14-3-4-15-11/h3-4,6-7,9H,1-2,5,8,13H2,(H,16,17). The highest BCUT2D eigenvalue weighted by atomic mass is 15.3. The quantitative estimate of drug-likeness (QED) is 0.816. The molecule has 0 aliphatic carbocycles. The van der Waals surface area contributed by atoms with Crippen LogP contribution in [0.5, 0.6) is 0 Å². The Hall–Kier alpha value is -1.95. The van der Waals surface area contributed by atoms with Crippen molar-refractivity contribution in [2.24, 2.45) is 5.73 Å². The number of rotatable bonds is 2. The molecule has 1 unspecified atom stereocenters. The summed E-state index contributed by atoms with van der Waals surface area (Å²) in [4.78, 5) is 10.5. The Bertz CT molecular complexity index is 508. The largest absolute Gasteiger partial charge is 0.354 e. The van der Waals surface area contributed by atoms with Crippen molar-refractivity contribution in [3.63, 3.8) is 0 Å². The van der Waals surface area contributed by atoms with Crippen LogP contribution in [0.15, 0.2) is 24.7 Å². The van der Waals surface area contributed by atoms with Crippen LogP contribution in [0.3, 0.4) is 0 Å². The molecule has 2 aromatic rings. The number of nitrogens with one attached hydrogen (secondary N) is 1. The van der Waals surface area contributed by atoms with Crippen LogP contribution in [0.4, 0.5) is 5.82 Å². The van der Waals surface area contributed by atoms with Gasteiger partial charge in [0.1, 0.15) is 5.69 Å². The van der Waals surface area contributed by atoms with Gasteiger partial charge >= 0.3 is 0 Å².